The van der Waals surface area contributed by atoms with E-state index in [1.807, 2.05) is 31.2 Å². The summed E-state index contributed by atoms with van der Waals surface area (Å²) in [5.74, 6) is 0. The summed E-state index contributed by atoms with van der Waals surface area (Å²) in [4.78, 5) is 15.1. The highest BCUT2D eigenvalue weighted by Crippen LogP contribution is 2.24. The van der Waals surface area contributed by atoms with Crippen molar-refractivity contribution in [2.75, 3.05) is 0 Å². The molecule has 2 aromatic heterocycles. The molecule has 17 heavy (non-hydrogen) atoms. The third-order valence-corrected chi connectivity index (χ3v) is 2.80. The molecule has 0 aliphatic rings. The van der Waals surface area contributed by atoms with Gasteiger partial charge in [0.2, 0.25) is 0 Å². The van der Waals surface area contributed by atoms with Crippen LogP contribution in [-0.4, -0.2) is 15.8 Å². The molecule has 2 heterocycles. The molecule has 0 atom stereocenters. The van der Waals surface area contributed by atoms with Crippen molar-refractivity contribution in [2.45, 2.75) is 13.5 Å². The molecule has 3 nitrogen and oxygen atoms in total. The number of carbonyl (C=O) groups excluding carboxylic acids is 1. The molecular weight excluding hydrogens is 212 g/mol. The Hall–Kier alpha value is -2.16. The summed E-state index contributed by atoms with van der Waals surface area (Å²) in [6.45, 7) is 6.36. The van der Waals surface area contributed by atoms with Gasteiger partial charge in [-0.3, -0.25) is 9.78 Å². The average molecular weight is 226 g/mol. The summed E-state index contributed by atoms with van der Waals surface area (Å²) >= 11 is 0. The van der Waals surface area contributed by atoms with E-state index >= 15 is 0 Å². The van der Waals surface area contributed by atoms with Crippen LogP contribution in [0.1, 0.15) is 16.1 Å². The Morgan fingerprint density at radius 2 is 2.35 bits per heavy atom. The highest BCUT2D eigenvalue weighted by molar-refractivity contribution is 5.80. The van der Waals surface area contributed by atoms with Crippen LogP contribution in [0.2, 0.25) is 0 Å². The molecule has 0 fully saturated rings. The van der Waals surface area contributed by atoms with E-state index in [4.69, 9.17) is 0 Å². The first-order valence-corrected chi connectivity index (χ1v) is 5.44. The lowest BCUT2D eigenvalue weighted by Gasteiger charge is -2.08. The van der Waals surface area contributed by atoms with E-state index in [0.717, 1.165) is 23.2 Å². The molecule has 0 aliphatic heterocycles. The van der Waals surface area contributed by atoms with Crippen LogP contribution in [0.3, 0.4) is 0 Å². The number of rotatable bonds is 4. The maximum absolute atomic E-state index is 11.0. The van der Waals surface area contributed by atoms with Crippen LogP contribution < -0.4 is 0 Å². The Morgan fingerprint density at radius 1 is 1.53 bits per heavy atom. The van der Waals surface area contributed by atoms with E-state index in [0.29, 0.717) is 12.1 Å². The maximum atomic E-state index is 11.0. The molecule has 0 N–H and O–H groups in total. The fraction of sp³-hybridized carbons (Fsp3) is 0.143. The second-order valence-corrected chi connectivity index (χ2v) is 3.83. The minimum Gasteiger partial charge on any atom is -0.340 e. The van der Waals surface area contributed by atoms with Crippen molar-refractivity contribution in [1.82, 2.24) is 9.55 Å². The Balaban J connectivity index is 2.60. The molecule has 2 rings (SSSR count). The van der Waals surface area contributed by atoms with Gasteiger partial charge in [-0.1, -0.05) is 6.08 Å². The first-order valence-electron chi connectivity index (χ1n) is 5.44. The topological polar surface area (TPSA) is 34.9 Å². The minimum atomic E-state index is 0.684. The molecule has 2 aromatic rings. The molecule has 0 saturated carbocycles. The highest BCUT2D eigenvalue weighted by Gasteiger charge is 2.11. The lowest BCUT2D eigenvalue weighted by molar-refractivity contribution is 0.112. The van der Waals surface area contributed by atoms with Gasteiger partial charge in [0.15, 0.2) is 6.29 Å². The van der Waals surface area contributed by atoms with Crippen LogP contribution in [-0.2, 0) is 6.54 Å². The predicted molar refractivity (Wildman–Crippen MR) is 68.0 cm³/mol. The van der Waals surface area contributed by atoms with Gasteiger partial charge in [0.1, 0.15) is 0 Å². The van der Waals surface area contributed by atoms with Gasteiger partial charge < -0.3 is 4.57 Å². The van der Waals surface area contributed by atoms with Crippen molar-refractivity contribution < 1.29 is 4.79 Å². The van der Waals surface area contributed by atoms with Crippen molar-refractivity contribution in [1.29, 1.82) is 0 Å². The van der Waals surface area contributed by atoms with E-state index in [1.165, 1.54) is 0 Å². The summed E-state index contributed by atoms with van der Waals surface area (Å²) in [6, 6.07) is 5.76. The molecular formula is C14H14N2O. The van der Waals surface area contributed by atoms with Gasteiger partial charge in [-0.2, -0.15) is 0 Å². The lowest BCUT2D eigenvalue weighted by Crippen LogP contribution is -2.00. The SMILES string of the molecule is C=CCn1c(-c2cccnc2)cc(C=O)c1C. The molecule has 0 unspecified atom stereocenters. The van der Waals surface area contributed by atoms with Crippen LogP contribution in [0, 0.1) is 6.92 Å². The van der Waals surface area contributed by atoms with Gasteiger partial charge in [0.05, 0.1) is 5.69 Å². The number of carbonyl (C=O) groups is 1. The van der Waals surface area contributed by atoms with Crippen molar-refractivity contribution >= 4 is 6.29 Å². The molecule has 86 valence electrons. The number of aldehydes is 1. The van der Waals surface area contributed by atoms with E-state index in [1.54, 1.807) is 12.4 Å². The largest absolute Gasteiger partial charge is 0.340 e. The molecule has 0 radical (unpaired) electrons. The maximum Gasteiger partial charge on any atom is 0.151 e. The summed E-state index contributed by atoms with van der Waals surface area (Å²) in [6.07, 6.45) is 6.23. The monoisotopic (exact) mass is 226 g/mol. The molecule has 0 aromatic carbocycles. The number of nitrogens with zero attached hydrogens (tertiary/aromatic N) is 2. The number of allylic oxidation sites excluding steroid dienone is 1. The standard InChI is InChI=1S/C14H14N2O/c1-3-7-16-11(2)13(10-17)8-14(16)12-5-4-6-15-9-12/h3-6,8-10H,1,7H2,2H3. The van der Waals surface area contributed by atoms with Gasteiger partial charge in [0, 0.05) is 35.8 Å². The van der Waals surface area contributed by atoms with Crippen LogP contribution >= 0.6 is 0 Å². The Bertz CT molecular complexity index is 541. The zero-order chi connectivity index (χ0) is 12.3. The fourth-order valence-electron chi connectivity index (χ4n) is 1.90. The van der Waals surface area contributed by atoms with Gasteiger partial charge >= 0.3 is 0 Å². The Kier molecular flexibility index (Phi) is 3.19. The average Bonchev–Trinajstić information content (AvgIpc) is 2.69. The fourth-order valence-corrected chi connectivity index (χ4v) is 1.90. The minimum absolute atomic E-state index is 0.684. The molecule has 0 bridgehead atoms. The smallest absolute Gasteiger partial charge is 0.151 e. The van der Waals surface area contributed by atoms with Gasteiger partial charge in [-0.05, 0) is 25.1 Å². The number of hydrogen-bond donors (Lipinski definition) is 0. The normalized spacial score (nSPS) is 10.2. The number of hydrogen-bond acceptors (Lipinski definition) is 2. The lowest BCUT2D eigenvalue weighted by atomic mass is 10.2. The first kappa shape index (κ1) is 11.3. The van der Waals surface area contributed by atoms with Gasteiger partial charge in [-0.25, -0.2) is 0 Å². The van der Waals surface area contributed by atoms with E-state index in [9.17, 15) is 4.79 Å². The Morgan fingerprint density at radius 3 is 2.94 bits per heavy atom. The van der Waals surface area contributed by atoms with Crippen LogP contribution in [0.15, 0.2) is 43.2 Å². The summed E-state index contributed by atoms with van der Waals surface area (Å²) in [5, 5.41) is 0. The first-order chi connectivity index (χ1) is 8.27. The second kappa shape index (κ2) is 4.78. The van der Waals surface area contributed by atoms with Crippen molar-refractivity contribution in [3.8, 4) is 11.3 Å². The zero-order valence-corrected chi connectivity index (χ0v) is 9.76. The molecule has 0 aliphatic carbocycles. The summed E-state index contributed by atoms with van der Waals surface area (Å²) < 4.78 is 2.06. The van der Waals surface area contributed by atoms with E-state index in [-0.39, 0.29) is 0 Å². The van der Waals surface area contributed by atoms with E-state index in [2.05, 4.69) is 16.1 Å². The third kappa shape index (κ3) is 2.04. The van der Waals surface area contributed by atoms with Crippen LogP contribution in [0.4, 0.5) is 0 Å². The van der Waals surface area contributed by atoms with Gasteiger partial charge in [-0.15, -0.1) is 6.58 Å². The zero-order valence-electron chi connectivity index (χ0n) is 9.76. The second-order valence-electron chi connectivity index (χ2n) is 3.83. The summed E-state index contributed by atoms with van der Waals surface area (Å²) in [7, 11) is 0. The molecule has 0 amide bonds. The highest BCUT2D eigenvalue weighted by atomic mass is 16.1. The van der Waals surface area contributed by atoms with Crippen molar-refractivity contribution in [3.63, 3.8) is 0 Å². The molecule has 3 heteroatoms. The van der Waals surface area contributed by atoms with Gasteiger partial charge in [0.25, 0.3) is 0 Å². The number of aromatic nitrogens is 2. The Labute approximate surface area is 100 Å². The molecule has 0 spiro atoms. The van der Waals surface area contributed by atoms with Crippen LogP contribution in [0.25, 0.3) is 11.3 Å². The van der Waals surface area contributed by atoms with E-state index < -0.39 is 0 Å². The molecule has 0 saturated heterocycles. The van der Waals surface area contributed by atoms with Crippen LogP contribution in [0.5, 0.6) is 0 Å². The third-order valence-electron chi connectivity index (χ3n) is 2.80. The summed E-state index contributed by atoms with van der Waals surface area (Å²) in [5.41, 5.74) is 3.67. The van der Waals surface area contributed by atoms with Crippen molar-refractivity contribution in [3.05, 3.63) is 54.5 Å². The van der Waals surface area contributed by atoms with Crippen molar-refractivity contribution in [2.24, 2.45) is 0 Å². The number of pyridine rings is 1. The predicted octanol–water partition coefficient (Wildman–Crippen LogP) is 2.86. The quantitative estimate of drug-likeness (QED) is 0.593.